The Morgan fingerprint density at radius 1 is 0.926 bits per heavy atom. The van der Waals surface area contributed by atoms with Gasteiger partial charge in [0.2, 0.25) is 0 Å². The molecule has 1 N–H and O–H groups in total. The minimum atomic E-state index is -0.360. The standard InChI is InChI=1S/C21H20BrClN2O2/c22-17-12-6-5-11-16(17)18(23)19(21(27)25-13-7-2-8-14-25)24-20(26)15-9-3-1-4-10-15/h1,3-6,9-12H,2,7-8,13-14H2,(H,24,26)/b19-18-. The number of piperidine rings is 1. The lowest BCUT2D eigenvalue weighted by Gasteiger charge is -2.28. The zero-order chi connectivity index (χ0) is 19.2. The van der Waals surface area contributed by atoms with Crippen molar-refractivity contribution >= 4 is 44.4 Å². The van der Waals surface area contributed by atoms with Crippen molar-refractivity contribution in [3.63, 3.8) is 0 Å². The van der Waals surface area contributed by atoms with Gasteiger partial charge in [0.15, 0.2) is 0 Å². The third kappa shape index (κ3) is 4.79. The molecule has 0 unspecified atom stereocenters. The molecule has 27 heavy (non-hydrogen) atoms. The summed E-state index contributed by atoms with van der Waals surface area (Å²) in [5.74, 6) is -0.610. The molecule has 0 radical (unpaired) electrons. The van der Waals surface area contributed by atoms with E-state index >= 15 is 0 Å². The molecule has 0 bridgehead atoms. The number of halogens is 2. The topological polar surface area (TPSA) is 49.4 Å². The van der Waals surface area contributed by atoms with E-state index in [1.54, 1.807) is 29.2 Å². The average molecular weight is 448 g/mol. The Kier molecular flexibility index (Phi) is 6.69. The Morgan fingerprint density at radius 2 is 1.56 bits per heavy atom. The monoisotopic (exact) mass is 446 g/mol. The summed E-state index contributed by atoms with van der Waals surface area (Å²) in [7, 11) is 0. The van der Waals surface area contributed by atoms with Crippen LogP contribution in [0.3, 0.4) is 0 Å². The van der Waals surface area contributed by atoms with Gasteiger partial charge in [0.1, 0.15) is 5.70 Å². The van der Waals surface area contributed by atoms with Gasteiger partial charge in [0.05, 0.1) is 5.03 Å². The first-order valence-electron chi connectivity index (χ1n) is 8.88. The van der Waals surface area contributed by atoms with Crippen LogP contribution in [-0.4, -0.2) is 29.8 Å². The Bertz CT molecular complexity index is 861. The minimum absolute atomic E-state index is 0.110. The fourth-order valence-electron chi connectivity index (χ4n) is 3.01. The summed E-state index contributed by atoms with van der Waals surface area (Å²) in [4.78, 5) is 27.6. The van der Waals surface area contributed by atoms with Gasteiger partial charge in [0, 0.05) is 28.7 Å². The average Bonchev–Trinajstić information content (AvgIpc) is 2.72. The van der Waals surface area contributed by atoms with Crippen molar-refractivity contribution < 1.29 is 9.59 Å². The van der Waals surface area contributed by atoms with Gasteiger partial charge in [-0.25, -0.2) is 0 Å². The number of rotatable bonds is 4. The number of benzene rings is 2. The molecule has 1 fully saturated rings. The molecule has 1 heterocycles. The van der Waals surface area contributed by atoms with Crippen LogP contribution in [0.5, 0.6) is 0 Å². The molecule has 6 heteroatoms. The van der Waals surface area contributed by atoms with Crippen molar-refractivity contribution in [2.24, 2.45) is 0 Å². The molecular weight excluding hydrogens is 428 g/mol. The smallest absolute Gasteiger partial charge is 0.271 e. The highest BCUT2D eigenvalue weighted by Gasteiger charge is 2.26. The molecule has 140 valence electrons. The molecule has 0 spiro atoms. The lowest BCUT2D eigenvalue weighted by molar-refractivity contribution is -0.128. The summed E-state index contributed by atoms with van der Waals surface area (Å²) < 4.78 is 0.757. The molecule has 0 saturated carbocycles. The lowest BCUT2D eigenvalue weighted by atomic mass is 10.1. The van der Waals surface area contributed by atoms with Crippen LogP contribution in [0.4, 0.5) is 0 Å². The van der Waals surface area contributed by atoms with Crippen LogP contribution in [0.1, 0.15) is 35.2 Å². The van der Waals surface area contributed by atoms with E-state index in [-0.39, 0.29) is 22.5 Å². The number of hydrogen-bond acceptors (Lipinski definition) is 2. The molecule has 2 aromatic rings. The first-order valence-corrected chi connectivity index (χ1v) is 10.1. The predicted octanol–water partition coefficient (Wildman–Crippen LogP) is 4.80. The summed E-state index contributed by atoms with van der Waals surface area (Å²) in [5.41, 5.74) is 1.24. The van der Waals surface area contributed by atoms with Gasteiger partial charge in [-0.2, -0.15) is 0 Å². The Hall–Kier alpha value is -2.11. The number of likely N-dealkylation sites (tertiary alicyclic amines) is 1. The molecule has 0 atom stereocenters. The van der Waals surface area contributed by atoms with E-state index < -0.39 is 0 Å². The molecule has 1 aliphatic heterocycles. The van der Waals surface area contributed by atoms with Crippen molar-refractivity contribution in [2.75, 3.05) is 13.1 Å². The van der Waals surface area contributed by atoms with Gasteiger partial charge >= 0.3 is 0 Å². The zero-order valence-electron chi connectivity index (χ0n) is 14.8. The van der Waals surface area contributed by atoms with Crippen LogP contribution in [0.2, 0.25) is 0 Å². The van der Waals surface area contributed by atoms with Gasteiger partial charge in [-0.15, -0.1) is 0 Å². The van der Waals surface area contributed by atoms with Crippen LogP contribution >= 0.6 is 27.5 Å². The molecule has 2 aromatic carbocycles. The van der Waals surface area contributed by atoms with E-state index in [1.165, 1.54) is 0 Å². The maximum Gasteiger partial charge on any atom is 0.271 e. The minimum Gasteiger partial charge on any atom is -0.337 e. The lowest BCUT2D eigenvalue weighted by Crippen LogP contribution is -2.41. The molecular formula is C21H20BrClN2O2. The third-order valence-electron chi connectivity index (χ3n) is 4.46. The van der Waals surface area contributed by atoms with Crippen LogP contribution in [0.25, 0.3) is 5.03 Å². The summed E-state index contributed by atoms with van der Waals surface area (Å²) in [5, 5.41) is 2.98. The molecule has 0 aromatic heterocycles. The first-order chi connectivity index (χ1) is 13.1. The molecule has 1 saturated heterocycles. The van der Waals surface area contributed by atoms with Gasteiger partial charge in [-0.3, -0.25) is 9.59 Å². The van der Waals surface area contributed by atoms with Crippen LogP contribution < -0.4 is 5.32 Å². The highest BCUT2D eigenvalue weighted by Crippen LogP contribution is 2.30. The number of carbonyl (C=O) groups is 2. The van der Waals surface area contributed by atoms with Crippen molar-refractivity contribution in [2.45, 2.75) is 19.3 Å². The Balaban J connectivity index is 1.98. The number of amides is 2. The van der Waals surface area contributed by atoms with Crippen LogP contribution in [-0.2, 0) is 4.79 Å². The second-order valence-corrected chi connectivity index (χ2v) is 7.57. The quantitative estimate of drug-likeness (QED) is 0.685. The maximum absolute atomic E-state index is 13.1. The largest absolute Gasteiger partial charge is 0.337 e. The highest BCUT2D eigenvalue weighted by atomic mass is 79.9. The van der Waals surface area contributed by atoms with Gasteiger partial charge in [-0.05, 0) is 37.5 Å². The highest BCUT2D eigenvalue weighted by molar-refractivity contribution is 9.10. The van der Waals surface area contributed by atoms with E-state index in [1.807, 2.05) is 30.3 Å². The van der Waals surface area contributed by atoms with Crippen LogP contribution in [0.15, 0.2) is 64.8 Å². The molecule has 3 rings (SSSR count). The molecule has 4 nitrogen and oxygen atoms in total. The first kappa shape index (κ1) is 19.6. The van der Waals surface area contributed by atoms with Crippen molar-refractivity contribution in [1.82, 2.24) is 10.2 Å². The number of nitrogens with zero attached hydrogens (tertiary/aromatic N) is 1. The summed E-state index contributed by atoms with van der Waals surface area (Å²) >= 11 is 10.1. The van der Waals surface area contributed by atoms with Crippen molar-refractivity contribution in [3.05, 3.63) is 75.9 Å². The van der Waals surface area contributed by atoms with Crippen molar-refractivity contribution in [3.8, 4) is 0 Å². The summed E-state index contributed by atoms with van der Waals surface area (Å²) in [6.45, 7) is 1.34. The van der Waals surface area contributed by atoms with E-state index in [9.17, 15) is 9.59 Å². The fraction of sp³-hybridized carbons (Fsp3) is 0.238. The predicted molar refractivity (Wildman–Crippen MR) is 111 cm³/mol. The zero-order valence-corrected chi connectivity index (χ0v) is 17.1. The van der Waals surface area contributed by atoms with Gasteiger partial charge in [-0.1, -0.05) is 63.9 Å². The second-order valence-electron chi connectivity index (χ2n) is 6.34. The number of carbonyl (C=O) groups excluding carboxylic acids is 2. The number of nitrogens with one attached hydrogen (secondary N) is 1. The Morgan fingerprint density at radius 3 is 2.22 bits per heavy atom. The van der Waals surface area contributed by atoms with Crippen molar-refractivity contribution in [1.29, 1.82) is 0 Å². The second kappa shape index (κ2) is 9.20. The number of hydrogen-bond donors (Lipinski definition) is 1. The third-order valence-corrected chi connectivity index (χ3v) is 5.55. The normalized spacial score (nSPS) is 15.1. The molecule has 1 aliphatic rings. The van der Waals surface area contributed by atoms with Gasteiger partial charge < -0.3 is 10.2 Å². The van der Waals surface area contributed by atoms with E-state index in [4.69, 9.17) is 11.6 Å². The van der Waals surface area contributed by atoms with E-state index in [0.29, 0.717) is 24.2 Å². The SMILES string of the molecule is O=C(N/C(C(=O)N1CCCCC1)=C(\Cl)c1ccccc1Br)c1ccccc1. The summed E-state index contributed by atoms with van der Waals surface area (Å²) in [6, 6.07) is 16.2. The van der Waals surface area contributed by atoms with E-state index in [0.717, 1.165) is 23.7 Å². The maximum atomic E-state index is 13.1. The Labute approximate surface area is 172 Å². The fourth-order valence-corrected chi connectivity index (χ4v) is 3.90. The van der Waals surface area contributed by atoms with E-state index in [2.05, 4.69) is 21.2 Å². The molecule has 0 aliphatic carbocycles. The summed E-state index contributed by atoms with van der Waals surface area (Å²) in [6.07, 6.45) is 3.02. The van der Waals surface area contributed by atoms with Gasteiger partial charge in [0.25, 0.3) is 11.8 Å². The van der Waals surface area contributed by atoms with Crippen LogP contribution in [0, 0.1) is 0 Å². The molecule has 2 amide bonds.